The van der Waals surface area contributed by atoms with Crippen molar-refractivity contribution < 1.29 is 0 Å². The molecule has 3 aromatic rings. The van der Waals surface area contributed by atoms with Crippen LogP contribution in [0.25, 0.3) is 16.6 Å². The number of hydrogen-bond donors (Lipinski definition) is 0. The predicted molar refractivity (Wildman–Crippen MR) is 84.8 cm³/mol. The Balaban J connectivity index is 2.39. The predicted octanol–water partition coefficient (Wildman–Crippen LogP) is 4.11. The minimum atomic E-state index is -0.165. The Morgan fingerprint density at radius 2 is 2.00 bits per heavy atom. The first-order valence-corrected chi connectivity index (χ1v) is 7.18. The Morgan fingerprint density at radius 1 is 1.20 bits per heavy atom. The first-order valence-electron chi connectivity index (χ1n) is 6.01. The van der Waals surface area contributed by atoms with E-state index >= 15 is 0 Å². The summed E-state index contributed by atoms with van der Waals surface area (Å²) in [6, 6.07) is 12.9. The van der Waals surface area contributed by atoms with Crippen LogP contribution in [0.4, 0.5) is 0 Å². The van der Waals surface area contributed by atoms with E-state index in [4.69, 9.17) is 11.6 Å². The summed E-state index contributed by atoms with van der Waals surface area (Å²) in [7, 11) is 0. The quantitative estimate of drug-likeness (QED) is 0.620. The molecule has 0 amide bonds. The van der Waals surface area contributed by atoms with Gasteiger partial charge in [-0.3, -0.25) is 9.36 Å². The Labute approximate surface area is 129 Å². The molecule has 0 bridgehead atoms. The van der Waals surface area contributed by atoms with Gasteiger partial charge in [-0.05, 0) is 48.9 Å². The molecule has 0 unspecified atom stereocenters. The van der Waals surface area contributed by atoms with Crippen molar-refractivity contribution in [1.82, 2.24) is 9.55 Å². The molecule has 100 valence electrons. The summed E-state index contributed by atoms with van der Waals surface area (Å²) < 4.78 is 2.29. The fourth-order valence-electron chi connectivity index (χ4n) is 2.11. The molecule has 0 N–H and O–H groups in total. The summed E-state index contributed by atoms with van der Waals surface area (Å²) in [4.78, 5) is 16.9. The van der Waals surface area contributed by atoms with Gasteiger partial charge in [0.15, 0.2) is 0 Å². The lowest BCUT2D eigenvalue weighted by Crippen LogP contribution is -2.20. The van der Waals surface area contributed by atoms with E-state index < -0.39 is 0 Å². The van der Waals surface area contributed by atoms with Crippen LogP contribution in [0.2, 0.25) is 5.28 Å². The largest absolute Gasteiger partial charge is 0.268 e. The van der Waals surface area contributed by atoms with E-state index in [0.29, 0.717) is 16.6 Å². The van der Waals surface area contributed by atoms with Gasteiger partial charge in [-0.15, -0.1) is 0 Å². The number of nitrogens with zero attached hydrogens (tertiary/aromatic N) is 2. The molecule has 20 heavy (non-hydrogen) atoms. The van der Waals surface area contributed by atoms with Gasteiger partial charge in [0, 0.05) is 4.47 Å². The number of aryl methyl sites for hydroxylation is 1. The van der Waals surface area contributed by atoms with Crippen molar-refractivity contribution in [2.45, 2.75) is 6.92 Å². The summed E-state index contributed by atoms with van der Waals surface area (Å²) in [5.41, 5.74) is 2.14. The highest BCUT2D eigenvalue weighted by Gasteiger charge is 2.11. The third-order valence-corrected chi connectivity index (χ3v) is 3.80. The molecule has 0 aliphatic heterocycles. The lowest BCUT2D eigenvalue weighted by Gasteiger charge is -2.10. The van der Waals surface area contributed by atoms with Crippen LogP contribution in [0.15, 0.2) is 51.7 Å². The van der Waals surface area contributed by atoms with Gasteiger partial charge in [0.05, 0.1) is 16.6 Å². The summed E-state index contributed by atoms with van der Waals surface area (Å²) in [5, 5.41) is 0.721. The third kappa shape index (κ3) is 2.25. The Kier molecular flexibility index (Phi) is 3.36. The second-order valence-corrected chi connectivity index (χ2v) is 5.78. The van der Waals surface area contributed by atoms with Crippen molar-refractivity contribution in [2.24, 2.45) is 0 Å². The molecule has 5 heteroatoms. The van der Waals surface area contributed by atoms with Crippen molar-refractivity contribution in [3.8, 4) is 5.69 Å². The van der Waals surface area contributed by atoms with Crippen molar-refractivity contribution in [2.75, 3.05) is 0 Å². The molecule has 0 aliphatic rings. The molecule has 1 heterocycles. The zero-order valence-corrected chi connectivity index (χ0v) is 12.9. The zero-order chi connectivity index (χ0) is 14.3. The van der Waals surface area contributed by atoms with E-state index in [1.807, 2.05) is 49.4 Å². The lowest BCUT2D eigenvalue weighted by molar-refractivity contribution is 0.963. The first kappa shape index (κ1) is 13.3. The van der Waals surface area contributed by atoms with Crippen LogP contribution in [0, 0.1) is 6.92 Å². The fraction of sp³-hybridized carbons (Fsp3) is 0.0667. The van der Waals surface area contributed by atoms with E-state index in [0.717, 1.165) is 10.0 Å². The SMILES string of the molecule is Cc1ccc2nc(Cl)n(-c3cccc(Br)c3)c(=O)c2c1. The summed E-state index contributed by atoms with van der Waals surface area (Å²) >= 11 is 9.56. The summed E-state index contributed by atoms with van der Waals surface area (Å²) in [6.07, 6.45) is 0. The van der Waals surface area contributed by atoms with E-state index in [1.165, 1.54) is 4.57 Å². The molecule has 3 rings (SSSR count). The van der Waals surface area contributed by atoms with Crippen LogP contribution < -0.4 is 5.56 Å². The molecule has 0 aliphatic carbocycles. The molecule has 1 aromatic heterocycles. The van der Waals surface area contributed by atoms with Crippen LogP contribution >= 0.6 is 27.5 Å². The molecule has 0 fully saturated rings. The van der Waals surface area contributed by atoms with Gasteiger partial charge in [-0.2, -0.15) is 0 Å². The number of aromatic nitrogens is 2. The fourth-order valence-corrected chi connectivity index (χ4v) is 2.76. The highest BCUT2D eigenvalue weighted by molar-refractivity contribution is 9.10. The van der Waals surface area contributed by atoms with Gasteiger partial charge in [-0.1, -0.05) is 33.6 Å². The molecule has 0 saturated carbocycles. The monoisotopic (exact) mass is 348 g/mol. The molecule has 0 atom stereocenters. The van der Waals surface area contributed by atoms with Gasteiger partial charge < -0.3 is 0 Å². The second kappa shape index (κ2) is 5.04. The first-order chi connectivity index (χ1) is 9.56. The number of hydrogen-bond acceptors (Lipinski definition) is 2. The molecule has 2 aromatic carbocycles. The van der Waals surface area contributed by atoms with Crippen molar-refractivity contribution in [3.05, 3.63) is 68.1 Å². The van der Waals surface area contributed by atoms with Crippen LogP contribution in [0.3, 0.4) is 0 Å². The maximum absolute atomic E-state index is 12.6. The van der Waals surface area contributed by atoms with Crippen molar-refractivity contribution >= 4 is 38.4 Å². The van der Waals surface area contributed by atoms with Crippen molar-refractivity contribution in [3.63, 3.8) is 0 Å². The molecule has 0 spiro atoms. The Hall–Kier alpha value is -1.65. The Bertz CT molecular complexity index is 873. The van der Waals surface area contributed by atoms with Gasteiger partial charge >= 0.3 is 0 Å². The molecular formula is C15H10BrClN2O. The average molecular weight is 350 g/mol. The van der Waals surface area contributed by atoms with E-state index in [-0.39, 0.29) is 10.8 Å². The van der Waals surface area contributed by atoms with Crippen molar-refractivity contribution in [1.29, 1.82) is 0 Å². The van der Waals surface area contributed by atoms with E-state index in [2.05, 4.69) is 20.9 Å². The number of benzene rings is 2. The zero-order valence-electron chi connectivity index (χ0n) is 10.6. The van der Waals surface area contributed by atoms with Gasteiger partial charge in [0.1, 0.15) is 0 Å². The topological polar surface area (TPSA) is 34.9 Å². The van der Waals surface area contributed by atoms with E-state index in [1.54, 1.807) is 0 Å². The second-order valence-electron chi connectivity index (χ2n) is 4.52. The maximum atomic E-state index is 12.6. The number of halogens is 2. The number of rotatable bonds is 1. The summed E-state index contributed by atoms with van der Waals surface area (Å²) in [5.74, 6) is 0. The Morgan fingerprint density at radius 3 is 2.75 bits per heavy atom. The van der Waals surface area contributed by atoms with Gasteiger partial charge in [0.2, 0.25) is 5.28 Å². The third-order valence-electron chi connectivity index (χ3n) is 3.05. The van der Waals surface area contributed by atoms with Crippen LogP contribution in [-0.2, 0) is 0 Å². The van der Waals surface area contributed by atoms with Gasteiger partial charge in [-0.25, -0.2) is 4.98 Å². The maximum Gasteiger partial charge on any atom is 0.266 e. The minimum absolute atomic E-state index is 0.157. The molecule has 3 nitrogen and oxygen atoms in total. The molecule has 0 saturated heterocycles. The summed E-state index contributed by atoms with van der Waals surface area (Å²) in [6.45, 7) is 1.94. The number of fused-ring (bicyclic) bond motifs is 1. The molecule has 0 radical (unpaired) electrons. The highest BCUT2D eigenvalue weighted by Crippen LogP contribution is 2.19. The minimum Gasteiger partial charge on any atom is -0.268 e. The highest BCUT2D eigenvalue weighted by atomic mass is 79.9. The molecular weight excluding hydrogens is 340 g/mol. The van der Waals surface area contributed by atoms with Crippen LogP contribution in [-0.4, -0.2) is 9.55 Å². The smallest absolute Gasteiger partial charge is 0.266 e. The van der Waals surface area contributed by atoms with Crippen LogP contribution in [0.5, 0.6) is 0 Å². The standard InChI is InChI=1S/C15H10BrClN2O/c1-9-5-6-13-12(7-9)14(20)19(15(17)18-13)11-4-2-3-10(16)8-11/h2-8H,1H3. The normalized spacial score (nSPS) is 10.9. The van der Waals surface area contributed by atoms with Crippen LogP contribution in [0.1, 0.15) is 5.56 Å². The van der Waals surface area contributed by atoms with E-state index in [9.17, 15) is 4.79 Å². The lowest BCUT2D eigenvalue weighted by atomic mass is 10.1. The average Bonchev–Trinajstić information content (AvgIpc) is 2.40. The van der Waals surface area contributed by atoms with Gasteiger partial charge in [0.25, 0.3) is 5.56 Å².